The van der Waals surface area contributed by atoms with E-state index in [1.807, 2.05) is 0 Å². The Kier molecular flexibility index (Phi) is 7.00. The molecule has 1 aromatic heterocycles. The third kappa shape index (κ3) is 5.08. The van der Waals surface area contributed by atoms with Gasteiger partial charge in [0.2, 0.25) is 0 Å². The average Bonchev–Trinajstić information content (AvgIpc) is 2.80. The van der Waals surface area contributed by atoms with Crippen molar-refractivity contribution in [3.8, 4) is 11.3 Å². The van der Waals surface area contributed by atoms with Crippen LogP contribution in [0, 0.1) is 11.8 Å². The zero-order chi connectivity index (χ0) is 20.1. The van der Waals surface area contributed by atoms with E-state index in [0.29, 0.717) is 5.92 Å². The molecule has 0 unspecified atom stereocenters. The van der Waals surface area contributed by atoms with Gasteiger partial charge in [0.15, 0.2) is 0 Å². The smallest absolute Gasteiger partial charge is 0.0929 e. The summed E-state index contributed by atoms with van der Waals surface area (Å²) in [6.07, 6.45) is 14.9. The molecule has 0 amide bonds. The van der Waals surface area contributed by atoms with Gasteiger partial charge in [-0.3, -0.25) is 0 Å². The van der Waals surface area contributed by atoms with Crippen molar-refractivity contribution in [1.29, 1.82) is 0 Å². The molecule has 2 nitrogen and oxygen atoms in total. The zero-order valence-corrected chi connectivity index (χ0v) is 18.4. The average molecular weight is 391 g/mol. The summed E-state index contributed by atoms with van der Waals surface area (Å²) in [5.41, 5.74) is 4.92. The maximum Gasteiger partial charge on any atom is 0.0929 e. The first-order chi connectivity index (χ1) is 14.3. The first-order valence-corrected chi connectivity index (χ1v) is 12.2. The largest absolute Gasteiger partial charge is 0.155 e. The molecular weight excluding hydrogens is 352 g/mol. The van der Waals surface area contributed by atoms with E-state index in [4.69, 9.17) is 0 Å². The topological polar surface area (TPSA) is 25.8 Å². The fourth-order valence-electron chi connectivity index (χ4n) is 5.70. The van der Waals surface area contributed by atoms with Crippen molar-refractivity contribution >= 4 is 0 Å². The van der Waals surface area contributed by atoms with Gasteiger partial charge in [0.1, 0.15) is 0 Å². The van der Waals surface area contributed by atoms with Gasteiger partial charge in [-0.05, 0) is 86.8 Å². The summed E-state index contributed by atoms with van der Waals surface area (Å²) in [6, 6.07) is 13.6. The molecule has 2 fully saturated rings. The zero-order valence-electron chi connectivity index (χ0n) is 18.4. The van der Waals surface area contributed by atoms with Crippen LogP contribution in [0.2, 0.25) is 0 Å². The minimum Gasteiger partial charge on any atom is -0.155 e. The maximum absolute atomic E-state index is 4.63. The lowest BCUT2D eigenvalue weighted by Crippen LogP contribution is -2.14. The van der Waals surface area contributed by atoms with Crippen molar-refractivity contribution in [3.05, 3.63) is 47.7 Å². The van der Waals surface area contributed by atoms with Crippen LogP contribution >= 0.6 is 0 Å². The molecule has 0 atom stereocenters. The Morgan fingerprint density at radius 2 is 1.34 bits per heavy atom. The van der Waals surface area contributed by atoms with E-state index < -0.39 is 0 Å². The molecule has 2 aliphatic rings. The highest BCUT2D eigenvalue weighted by Gasteiger charge is 2.23. The Hall–Kier alpha value is -1.70. The summed E-state index contributed by atoms with van der Waals surface area (Å²) in [4.78, 5) is 0. The van der Waals surface area contributed by atoms with Gasteiger partial charge in [-0.1, -0.05) is 57.4 Å². The van der Waals surface area contributed by atoms with Gasteiger partial charge in [-0.15, -0.1) is 0 Å². The van der Waals surface area contributed by atoms with Gasteiger partial charge in [-0.2, -0.15) is 10.2 Å². The molecule has 29 heavy (non-hydrogen) atoms. The summed E-state index contributed by atoms with van der Waals surface area (Å²) in [7, 11) is 0. The van der Waals surface area contributed by atoms with E-state index in [0.717, 1.165) is 23.4 Å². The molecule has 0 aliphatic heterocycles. The first kappa shape index (κ1) is 20.6. The second-order valence-electron chi connectivity index (χ2n) is 9.60. The van der Waals surface area contributed by atoms with Crippen molar-refractivity contribution in [2.24, 2.45) is 11.8 Å². The molecule has 1 heterocycles. The van der Waals surface area contributed by atoms with Gasteiger partial charge in [0, 0.05) is 11.5 Å². The van der Waals surface area contributed by atoms with Crippen LogP contribution in [0.15, 0.2) is 36.4 Å². The summed E-state index contributed by atoms with van der Waals surface area (Å²) in [5.74, 6) is 3.27. The fraction of sp³-hybridized carbons (Fsp3) is 0.630. The van der Waals surface area contributed by atoms with Gasteiger partial charge in [0.25, 0.3) is 0 Å². The SMILES string of the molecule is CCCC1CCC(c2ccc(-c3ccc(C4CCC(CC)CC4)cc3)nn2)CC1. The number of rotatable bonds is 6. The quantitative estimate of drug-likeness (QED) is 0.501. The number of hydrogen-bond acceptors (Lipinski definition) is 2. The molecule has 2 aromatic rings. The summed E-state index contributed by atoms with van der Waals surface area (Å²) >= 11 is 0. The van der Waals surface area contributed by atoms with E-state index in [-0.39, 0.29) is 0 Å². The van der Waals surface area contributed by atoms with Gasteiger partial charge in [0.05, 0.1) is 11.4 Å². The van der Waals surface area contributed by atoms with Crippen LogP contribution < -0.4 is 0 Å². The predicted molar refractivity (Wildman–Crippen MR) is 122 cm³/mol. The normalized spacial score (nSPS) is 27.7. The van der Waals surface area contributed by atoms with Crippen LogP contribution in [0.25, 0.3) is 11.3 Å². The van der Waals surface area contributed by atoms with Crippen molar-refractivity contribution in [1.82, 2.24) is 10.2 Å². The van der Waals surface area contributed by atoms with E-state index in [2.05, 4.69) is 60.4 Å². The Morgan fingerprint density at radius 1 is 0.690 bits per heavy atom. The standard InChI is InChI=1S/C27H38N2/c1-3-5-21-8-12-24(13-9-21)26-18-19-27(29-28-26)25-16-14-23(15-17-25)22-10-6-20(4-2)7-11-22/h14-22,24H,3-13H2,1-2H3. The van der Waals surface area contributed by atoms with E-state index >= 15 is 0 Å². The van der Waals surface area contributed by atoms with Crippen LogP contribution in [0.1, 0.15) is 108 Å². The van der Waals surface area contributed by atoms with Crippen LogP contribution in [0.4, 0.5) is 0 Å². The lowest BCUT2D eigenvalue weighted by molar-refractivity contribution is 0.304. The monoisotopic (exact) mass is 390 g/mol. The van der Waals surface area contributed by atoms with Crippen LogP contribution in [-0.2, 0) is 0 Å². The van der Waals surface area contributed by atoms with Crippen LogP contribution in [0.3, 0.4) is 0 Å². The summed E-state index contributed by atoms with van der Waals surface area (Å²) in [6.45, 7) is 4.64. The molecule has 0 bridgehead atoms. The van der Waals surface area contributed by atoms with Gasteiger partial charge >= 0.3 is 0 Å². The highest BCUT2D eigenvalue weighted by molar-refractivity contribution is 5.59. The highest BCUT2D eigenvalue weighted by atomic mass is 15.1. The minimum absolute atomic E-state index is 0.616. The molecule has 2 saturated carbocycles. The molecule has 2 heteroatoms. The Balaban J connectivity index is 1.36. The van der Waals surface area contributed by atoms with E-state index in [9.17, 15) is 0 Å². The maximum atomic E-state index is 4.63. The molecular formula is C27H38N2. The number of benzene rings is 1. The summed E-state index contributed by atoms with van der Waals surface area (Å²) < 4.78 is 0. The molecule has 156 valence electrons. The molecule has 2 aliphatic carbocycles. The highest BCUT2D eigenvalue weighted by Crippen LogP contribution is 2.38. The van der Waals surface area contributed by atoms with Crippen molar-refractivity contribution in [2.75, 3.05) is 0 Å². The molecule has 0 saturated heterocycles. The molecule has 0 radical (unpaired) electrons. The Morgan fingerprint density at radius 3 is 1.93 bits per heavy atom. The molecule has 4 rings (SSSR count). The first-order valence-electron chi connectivity index (χ1n) is 12.2. The Labute approximate surface area is 177 Å². The minimum atomic E-state index is 0.616. The van der Waals surface area contributed by atoms with Crippen molar-refractivity contribution < 1.29 is 0 Å². The third-order valence-electron chi connectivity index (χ3n) is 7.75. The van der Waals surface area contributed by atoms with Crippen molar-refractivity contribution in [3.63, 3.8) is 0 Å². The van der Waals surface area contributed by atoms with E-state index in [1.54, 1.807) is 0 Å². The molecule has 0 spiro atoms. The fourth-order valence-corrected chi connectivity index (χ4v) is 5.70. The molecule has 0 N–H and O–H groups in total. The van der Waals surface area contributed by atoms with Gasteiger partial charge < -0.3 is 0 Å². The second-order valence-corrected chi connectivity index (χ2v) is 9.60. The summed E-state index contributed by atoms with van der Waals surface area (Å²) in [5, 5.41) is 9.22. The number of nitrogens with zero attached hydrogens (tertiary/aromatic N) is 2. The second kappa shape index (κ2) is 9.87. The van der Waals surface area contributed by atoms with Crippen LogP contribution in [-0.4, -0.2) is 10.2 Å². The Bertz CT molecular complexity index is 733. The number of hydrogen-bond donors (Lipinski definition) is 0. The third-order valence-corrected chi connectivity index (χ3v) is 7.75. The van der Waals surface area contributed by atoms with Crippen molar-refractivity contribution in [2.45, 2.75) is 96.3 Å². The van der Waals surface area contributed by atoms with Crippen LogP contribution in [0.5, 0.6) is 0 Å². The lowest BCUT2D eigenvalue weighted by atomic mass is 9.78. The lowest BCUT2D eigenvalue weighted by Gasteiger charge is -2.28. The predicted octanol–water partition coefficient (Wildman–Crippen LogP) is 7.90. The van der Waals surface area contributed by atoms with Gasteiger partial charge in [-0.25, -0.2) is 0 Å². The van der Waals surface area contributed by atoms with E-state index in [1.165, 1.54) is 87.4 Å². The number of aromatic nitrogens is 2. The molecule has 1 aromatic carbocycles.